The van der Waals surface area contributed by atoms with Gasteiger partial charge in [0.15, 0.2) is 0 Å². The zero-order valence-electron chi connectivity index (χ0n) is 12.1. The highest BCUT2D eigenvalue weighted by Crippen LogP contribution is 2.24. The Hall–Kier alpha value is -1.39. The Balaban J connectivity index is 2.27. The first-order valence-electron chi connectivity index (χ1n) is 6.51. The first-order valence-corrected chi connectivity index (χ1v) is 7.68. The third-order valence-electron chi connectivity index (χ3n) is 2.93. The van der Waals surface area contributed by atoms with E-state index in [0.717, 1.165) is 15.9 Å². The van der Waals surface area contributed by atoms with E-state index in [1.165, 1.54) is 0 Å². The van der Waals surface area contributed by atoms with Gasteiger partial charge >= 0.3 is 0 Å². The molecule has 0 unspecified atom stereocenters. The maximum atomic E-state index is 12.3. The monoisotopic (exact) mass is 366 g/mol. The van der Waals surface area contributed by atoms with Crippen LogP contribution < -0.4 is 5.32 Å². The molecule has 0 saturated heterocycles. The summed E-state index contributed by atoms with van der Waals surface area (Å²) < 4.78 is 0.961. The van der Waals surface area contributed by atoms with Crippen molar-refractivity contribution in [3.05, 3.63) is 57.3 Å². The molecule has 0 spiro atoms. The van der Waals surface area contributed by atoms with Gasteiger partial charge in [0.2, 0.25) is 0 Å². The number of anilines is 1. The number of aromatic nitrogens is 1. The number of hydrogen-bond donors (Lipinski definition) is 1. The van der Waals surface area contributed by atoms with Crippen LogP contribution in [0.3, 0.4) is 0 Å². The molecule has 5 heteroatoms. The van der Waals surface area contributed by atoms with Crippen molar-refractivity contribution in [3.63, 3.8) is 0 Å². The van der Waals surface area contributed by atoms with E-state index in [4.69, 9.17) is 11.6 Å². The van der Waals surface area contributed by atoms with Gasteiger partial charge in [-0.1, -0.05) is 48.3 Å². The van der Waals surface area contributed by atoms with Gasteiger partial charge in [0.05, 0.1) is 0 Å². The van der Waals surface area contributed by atoms with Gasteiger partial charge in [-0.25, -0.2) is 4.98 Å². The Morgan fingerprint density at radius 3 is 2.38 bits per heavy atom. The minimum atomic E-state index is -0.202. The van der Waals surface area contributed by atoms with Crippen LogP contribution in [-0.4, -0.2) is 10.9 Å². The maximum absolute atomic E-state index is 12.3. The number of hydrogen-bond acceptors (Lipinski definition) is 2. The van der Waals surface area contributed by atoms with Crippen molar-refractivity contribution in [2.75, 3.05) is 5.32 Å². The Labute approximate surface area is 137 Å². The number of benzene rings is 1. The second kappa shape index (κ2) is 6.16. The standard InChI is InChI=1S/C16H16BrClN2O/c1-16(2,3)13-8-10(9-14(18)20-13)15(21)19-12-6-4-11(17)5-7-12/h4-9H,1-3H3,(H,19,21). The van der Waals surface area contributed by atoms with Crippen molar-refractivity contribution in [1.82, 2.24) is 4.98 Å². The van der Waals surface area contributed by atoms with Crippen molar-refractivity contribution in [3.8, 4) is 0 Å². The lowest BCUT2D eigenvalue weighted by Gasteiger charge is -2.18. The summed E-state index contributed by atoms with van der Waals surface area (Å²) in [5.74, 6) is -0.202. The van der Waals surface area contributed by atoms with Gasteiger partial charge in [0.25, 0.3) is 5.91 Å². The normalized spacial score (nSPS) is 11.3. The van der Waals surface area contributed by atoms with E-state index in [0.29, 0.717) is 10.7 Å². The summed E-state index contributed by atoms with van der Waals surface area (Å²) in [6, 6.07) is 10.8. The predicted octanol–water partition coefficient (Wildman–Crippen LogP) is 5.05. The van der Waals surface area contributed by atoms with E-state index in [1.807, 2.05) is 45.0 Å². The van der Waals surface area contributed by atoms with Crippen LogP contribution in [0.25, 0.3) is 0 Å². The zero-order chi connectivity index (χ0) is 15.6. The van der Waals surface area contributed by atoms with Crippen molar-refractivity contribution in [2.24, 2.45) is 0 Å². The summed E-state index contributed by atoms with van der Waals surface area (Å²) in [5, 5.41) is 3.17. The first-order chi connectivity index (χ1) is 9.75. The lowest BCUT2D eigenvalue weighted by Crippen LogP contribution is -2.17. The molecule has 0 aliphatic carbocycles. The fraction of sp³-hybridized carbons (Fsp3) is 0.250. The molecule has 110 valence electrons. The molecule has 0 saturated carbocycles. The molecule has 0 fully saturated rings. The molecule has 2 rings (SSSR count). The number of rotatable bonds is 2. The van der Waals surface area contributed by atoms with Gasteiger partial charge in [0.1, 0.15) is 5.15 Å². The molecule has 0 aliphatic heterocycles. The third kappa shape index (κ3) is 4.29. The smallest absolute Gasteiger partial charge is 0.255 e. The molecule has 1 N–H and O–H groups in total. The van der Waals surface area contributed by atoms with Gasteiger partial charge in [-0.15, -0.1) is 0 Å². The van der Waals surface area contributed by atoms with Crippen LogP contribution in [0, 0.1) is 0 Å². The van der Waals surface area contributed by atoms with Crippen LogP contribution in [0.1, 0.15) is 36.8 Å². The summed E-state index contributed by atoms with van der Waals surface area (Å²) in [6.45, 7) is 6.09. The van der Waals surface area contributed by atoms with Crippen molar-refractivity contribution < 1.29 is 4.79 Å². The Bertz CT molecular complexity index is 663. The highest BCUT2D eigenvalue weighted by atomic mass is 79.9. The third-order valence-corrected chi connectivity index (χ3v) is 3.65. The summed E-state index contributed by atoms with van der Waals surface area (Å²) in [7, 11) is 0. The van der Waals surface area contributed by atoms with Crippen molar-refractivity contribution in [1.29, 1.82) is 0 Å². The molecular formula is C16H16BrClN2O. The van der Waals surface area contributed by atoms with E-state index < -0.39 is 0 Å². The maximum Gasteiger partial charge on any atom is 0.255 e. The number of amides is 1. The molecule has 2 aromatic rings. The minimum Gasteiger partial charge on any atom is -0.322 e. The van der Waals surface area contributed by atoms with E-state index in [9.17, 15) is 4.79 Å². The minimum absolute atomic E-state index is 0.169. The topological polar surface area (TPSA) is 42.0 Å². The quantitative estimate of drug-likeness (QED) is 0.755. The molecular weight excluding hydrogens is 352 g/mol. The number of nitrogens with one attached hydrogen (secondary N) is 1. The van der Waals surface area contributed by atoms with E-state index in [2.05, 4.69) is 26.2 Å². The summed E-state index contributed by atoms with van der Waals surface area (Å²) in [5.41, 5.74) is 1.85. The number of carbonyl (C=O) groups is 1. The summed E-state index contributed by atoms with van der Waals surface area (Å²) in [4.78, 5) is 16.6. The average Bonchev–Trinajstić information content (AvgIpc) is 2.39. The number of pyridine rings is 1. The molecule has 0 radical (unpaired) electrons. The van der Waals surface area contributed by atoms with Crippen molar-refractivity contribution in [2.45, 2.75) is 26.2 Å². The number of halogens is 2. The second-order valence-corrected chi connectivity index (χ2v) is 7.08. The Kier molecular flexibility index (Phi) is 4.69. The van der Waals surface area contributed by atoms with Crippen LogP contribution in [0.2, 0.25) is 5.15 Å². The van der Waals surface area contributed by atoms with E-state index >= 15 is 0 Å². The lowest BCUT2D eigenvalue weighted by molar-refractivity contribution is 0.102. The van der Waals surface area contributed by atoms with Crippen molar-refractivity contribution >= 4 is 39.1 Å². The molecule has 0 bridgehead atoms. The van der Waals surface area contributed by atoms with E-state index in [1.54, 1.807) is 12.1 Å². The fourth-order valence-electron chi connectivity index (χ4n) is 1.75. The Morgan fingerprint density at radius 1 is 1.19 bits per heavy atom. The number of nitrogens with zero attached hydrogens (tertiary/aromatic N) is 1. The predicted molar refractivity (Wildman–Crippen MR) is 90.0 cm³/mol. The summed E-state index contributed by atoms with van der Waals surface area (Å²) in [6.07, 6.45) is 0. The lowest BCUT2D eigenvalue weighted by atomic mass is 9.91. The second-order valence-electron chi connectivity index (χ2n) is 5.77. The van der Waals surface area contributed by atoms with E-state index in [-0.39, 0.29) is 11.3 Å². The molecule has 21 heavy (non-hydrogen) atoms. The largest absolute Gasteiger partial charge is 0.322 e. The van der Waals surface area contributed by atoms with Gasteiger partial charge in [-0.05, 0) is 36.4 Å². The molecule has 0 atom stereocenters. The van der Waals surface area contributed by atoms with Gasteiger partial charge in [0, 0.05) is 26.8 Å². The van der Waals surface area contributed by atoms with Gasteiger partial charge < -0.3 is 5.32 Å². The van der Waals surface area contributed by atoms with Crippen LogP contribution in [0.4, 0.5) is 5.69 Å². The molecule has 1 heterocycles. The van der Waals surface area contributed by atoms with Gasteiger partial charge in [-0.2, -0.15) is 0 Å². The highest BCUT2D eigenvalue weighted by molar-refractivity contribution is 9.10. The molecule has 0 aliphatic rings. The molecule has 1 amide bonds. The highest BCUT2D eigenvalue weighted by Gasteiger charge is 2.19. The van der Waals surface area contributed by atoms with Gasteiger partial charge in [-0.3, -0.25) is 4.79 Å². The average molecular weight is 368 g/mol. The summed E-state index contributed by atoms with van der Waals surface area (Å²) >= 11 is 9.39. The molecule has 1 aromatic carbocycles. The zero-order valence-corrected chi connectivity index (χ0v) is 14.4. The molecule has 1 aromatic heterocycles. The van der Waals surface area contributed by atoms with Crippen LogP contribution in [-0.2, 0) is 5.41 Å². The first kappa shape index (κ1) is 16.0. The van der Waals surface area contributed by atoms with Crippen LogP contribution >= 0.6 is 27.5 Å². The fourth-order valence-corrected chi connectivity index (χ4v) is 2.22. The van der Waals surface area contributed by atoms with Crippen LogP contribution in [0.5, 0.6) is 0 Å². The SMILES string of the molecule is CC(C)(C)c1cc(C(=O)Nc2ccc(Br)cc2)cc(Cl)n1. The molecule has 3 nitrogen and oxygen atoms in total. The van der Waals surface area contributed by atoms with Crippen LogP contribution in [0.15, 0.2) is 40.9 Å². The number of carbonyl (C=O) groups excluding carboxylic acids is 1. The Morgan fingerprint density at radius 2 is 1.81 bits per heavy atom.